The molecular formula is C23H28N3O3S+. The van der Waals surface area contributed by atoms with Crippen molar-refractivity contribution in [1.82, 2.24) is 4.98 Å². The Morgan fingerprint density at radius 1 is 1.10 bits per heavy atom. The molecule has 1 amide bonds. The lowest BCUT2D eigenvalue weighted by Gasteiger charge is -2.20. The van der Waals surface area contributed by atoms with Gasteiger partial charge in [-0.05, 0) is 30.3 Å². The van der Waals surface area contributed by atoms with Crippen molar-refractivity contribution in [2.75, 3.05) is 46.3 Å². The third kappa shape index (κ3) is 5.17. The highest BCUT2D eigenvalue weighted by atomic mass is 32.1. The molecule has 0 spiro atoms. The summed E-state index contributed by atoms with van der Waals surface area (Å²) < 4.78 is 10.9. The minimum absolute atomic E-state index is 0.0390. The van der Waals surface area contributed by atoms with E-state index in [2.05, 4.69) is 14.1 Å². The standard InChI is InChI=1S/C23H27N3O3S/c1-25(2)13-8-14-26(22(27)17-9-6-5-7-10-17)23-24-20(16-30-23)19-15-18(28-3)11-12-21(19)29-4/h5-7,9-12,15-16H,8,13-14H2,1-4H3/p+1. The molecule has 0 saturated carbocycles. The van der Waals surface area contributed by atoms with E-state index in [9.17, 15) is 4.79 Å². The summed E-state index contributed by atoms with van der Waals surface area (Å²) in [4.78, 5) is 21.1. The number of quaternary nitrogens is 1. The summed E-state index contributed by atoms with van der Waals surface area (Å²) in [6.45, 7) is 1.58. The van der Waals surface area contributed by atoms with Gasteiger partial charge in [0.15, 0.2) is 5.13 Å². The lowest BCUT2D eigenvalue weighted by atomic mass is 10.1. The molecule has 0 saturated heterocycles. The lowest BCUT2D eigenvalue weighted by molar-refractivity contribution is -0.858. The fourth-order valence-electron chi connectivity index (χ4n) is 3.14. The second-order valence-corrected chi connectivity index (χ2v) is 8.05. The van der Waals surface area contributed by atoms with E-state index < -0.39 is 0 Å². The van der Waals surface area contributed by atoms with Crippen LogP contribution in [0.3, 0.4) is 0 Å². The zero-order chi connectivity index (χ0) is 21.5. The molecule has 0 unspecified atom stereocenters. The number of anilines is 1. The fraction of sp³-hybridized carbons (Fsp3) is 0.304. The molecule has 0 fully saturated rings. The van der Waals surface area contributed by atoms with Gasteiger partial charge in [0.05, 0.1) is 40.6 Å². The molecule has 1 aromatic heterocycles. The predicted octanol–water partition coefficient (Wildman–Crippen LogP) is 3.01. The first kappa shape index (κ1) is 21.8. The molecule has 3 aromatic rings. The van der Waals surface area contributed by atoms with Crippen molar-refractivity contribution in [2.45, 2.75) is 6.42 Å². The van der Waals surface area contributed by atoms with Gasteiger partial charge in [-0.1, -0.05) is 18.2 Å². The average Bonchev–Trinajstić information content (AvgIpc) is 3.26. The topological polar surface area (TPSA) is 56.1 Å². The van der Waals surface area contributed by atoms with Gasteiger partial charge in [-0.15, -0.1) is 11.3 Å². The van der Waals surface area contributed by atoms with Crippen LogP contribution in [0.4, 0.5) is 5.13 Å². The van der Waals surface area contributed by atoms with Gasteiger partial charge in [0.1, 0.15) is 11.5 Å². The summed E-state index contributed by atoms with van der Waals surface area (Å²) >= 11 is 1.46. The molecule has 0 aliphatic rings. The number of benzene rings is 2. The summed E-state index contributed by atoms with van der Waals surface area (Å²) in [5.74, 6) is 1.40. The van der Waals surface area contributed by atoms with Crippen LogP contribution >= 0.6 is 11.3 Å². The Kier molecular flexibility index (Phi) is 7.43. The number of carbonyl (C=O) groups is 1. The molecule has 158 valence electrons. The van der Waals surface area contributed by atoms with Crippen LogP contribution in [0.25, 0.3) is 11.3 Å². The van der Waals surface area contributed by atoms with E-state index in [0.29, 0.717) is 23.0 Å². The maximum absolute atomic E-state index is 13.2. The smallest absolute Gasteiger partial charge is 0.260 e. The Morgan fingerprint density at radius 3 is 2.53 bits per heavy atom. The highest BCUT2D eigenvalue weighted by Crippen LogP contribution is 2.36. The van der Waals surface area contributed by atoms with Crippen molar-refractivity contribution in [2.24, 2.45) is 0 Å². The van der Waals surface area contributed by atoms with Crippen molar-refractivity contribution < 1.29 is 19.2 Å². The van der Waals surface area contributed by atoms with Crippen LogP contribution in [0.2, 0.25) is 0 Å². The third-order valence-electron chi connectivity index (χ3n) is 4.73. The summed E-state index contributed by atoms with van der Waals surface area (Å²) in [5, 5.41) is 2.63. The van der Waals surface area contributed by atoms with Crippen LogP contribution in [0.5, 0.6) is 11.5 Å². The highest BCUT2D eigenvalue weighted by Gasteiger charge is 2.22. The van der Waals surface area contributed by atoms with Gasteiger partial charge in [-0.2, -0.15) is 0 Å². The van der Waals surface area contributed by atoms with E-state index in [1.165, 1.54) is 16.2 Å². The van der Waals surface area contributed by atoms with Crippen LogP contribution in [0.1, 0.15) is 16.8 Å². The van der Waals surface area contributed by atoms with E-state index in [1.54, 1.807) is 19.1 Å². The molecule has 3 rings (SSSR count). The maximum atomic E-state index is 13.2. The number of amides is 1. The summed E-state index contributed by atoms with van der Waals surface area (Å²) in [6, 6.07) is 15.0. The van der Waals surface area contributed by atoms with E-state index in [0.717, 1.165) is 30.0 Å². The molecule has 6 nitrogen and oxygen atoms in total. The van der Waals surface area contributed by atoms with Crippen molar-refractivity contribution in [3.8, 4) is 22.8 Å². The monoisotopic (exact) mass is 426 g/mol. The number of nitrogens with zero attached hydrogens (tertiary/aromatic N) is 2. The first-order chi connectivity index (χ1) is 14.5. The number of aromatic nitrogens is 1. The second kappa shape index (κ2) is 10.2. The fourth-order valence-corrected chi connectivity index (χ4v) is 3.99. The van der Waals surface area contributed by atoms with Crippen molar-refractivity contribution in [3.63, 3.8) is 0 Å². The van der Waals surface area contributed by atoms with E-state index >= 15 is 0 Å². The SMILES string of the molecule is COc1ccc(OC)c(-c2csc(N(CCC[NH+](C)C)C(=O)c3ccccc3)n2)c1. The van der Waals surface area contributed by atoms with Gasteiger partial charge in [-0.25, -0.2) is 4.98 Å². The molecule has 0 radical (unpaired) electrons. The van der Waals surface area contributed by atoms with Crippen molar-refractivity contribution >= 4 is 22.4 Å². The van der Waals surface area contributed by atoms with E-state index in [-0.39, 0.29) is 5.91 Å². The molecule has 0 bridgehead atoms. The molecular weight excluding hydrogens is 398 g/mol. The van der Waals surface area contributed by atoms with Gasteiger partial charge in [-0.3, -0.25) is 9.69 Å². The van der Waals surface area contributed by atoms with Crippen molar-refractivity contribution in [1.29, 1.82) is 0 Å². The number of carbonyl (C=O) groups excluding carboxylic acids is 1. The van der Waals surface area contributed by atoms with E-state index in [4.69, 9.17) is 14.5 Å². The van der Waals surface area contributed by atoms with Gasteiger partial charge in [0.2, 0.25) is 0 Å². The first-order valence-electron chi connectivity index (χ1n) is 9.87. The zero-order valence-electron chi connectivity index (χ0n) is 17.8. The summed E-state index contributed by atoms with van der Waals surface area (Å²) in [5.41, 5.74) is 2.25. The number of hydrogen-bond acceptors (Lipinski definition) is 5. The second-order valence-electron chi connectivity index (χ2n) is 7.22. The largest absolute Gasteiger partial charge is 0.497 e. The molecule has 0 aliphatic heterocycles. The minimum Gasteiger partial charge on any atom is -0.497 e. The summed E-state index contributed by atoms with van der Waals surface area (Å²) in [7, 11) is 7.48. The molecule has 0 atom stereocenters. The molecule has 1 N–H and O–H groups in total. The number of rotatable bonds is 9. The number of nitrogens with one attached hydrogen (secondary N) is 1. The van der Waals surface area contributed by atoms with Crippen LogP contribution in [0, 0.1) is 0 Å². The molecule has 7 heteroatoms. The summed E-state index contributed by atoms with van der Waals surface area (Å²) in [6.07, 6.45) is 0.887. The Balaban J connectivity index is 1.93. The Morgan fingerprint density at radius 2 is 1.87 bits per heavy atom. The van der Waals surface area contributed by atoms with Crippen LogP contribution in [0.15, 0.2) is 53.9 Å². The van der Waals surface area contributed by atoms with Crippen molar-refractivity contribution in [3.05, 3.63) is 59.5 Å². The van der Waals surface area contributed by atoms with Gasteiger partial charge in [0.25, 0.3) is 5.91 Å². The normalized spacial score (nSPS) is 10.8. The molecule has 1 heterocycles. The first-order valence-corrected chi connectivity index (χ1v) is 10.7. The molecule has 2 aromatic carbocycles. The van der Waals surface area contributed by atoms with E-state index in [1.807, 2.05) is 53.9 Å². The van der Waals surface area contributed by atoms with Gasteiger partial charge >= 0.3 is 0 Å². The zero-order valence-corrected chi connectivity index (χ0v) is 18.7. The quantitative estimate of drug-likeness (QED) is 0.572. The Labute approximate surface area is 181 Å². The number of ether oxygens (including phenoxy) is 2. The van der Waals surface area contributed by atoms with Crippen LogP contribution in [-0.2, 0) is 0 Å². The minimum atomic E-state index is -0.0390. The number of hydrogen-bond donors (Lipinski definition) is 1. The molecule has 0 aliphatic carbocycles. The molecule has 30 heavy (non-hydrogen) atoms. The van der Waals surface area contributed by atoms with Crippen LogP contribution < -0.4 is 19.3 Å². The third-order valence-corrected chi connectivity index (χ3v) is 5.59. The highest BCUT2D eigenvalue weighted by molar-refractivity contribution is 7.14. The Bertz CT molecular complexity index is 973. The van der Waals surface area contributed by atoms with Gasteiger partial charge < -0.3 is 14.4 Å². The maximum Gasteiger partial charge on any atom is 0.260 e. The van der Waals surface area contributed by atoms with Gasteiger partial charge in [0, 0.05) is 29.5 Å². The Hall–Kier alpha value is -2.90. The predicted molar refractivity (Wildman–Crippen MR) is 121 cm³/mol. The average molecular weight is 427 g/mol. The number of thiazole rings is 1. The lowest BCUT2D eigenvalue weighted by Crippen LogP contribution is -3.05. The van der Waals surface area contributed by atoms with Crippen LogP contribution in [-0.4, -0.2) is 52.3 Å². The number of methoxy groups -OCH3 is 2.